The maximum absolute atomic E-state index is 8.47. The molecule has 0 spiro atoms. The Balaban J connectivity index is 3.75. The molecule has 0 aliphatic rings. The van der Waals surface area contributed by atoms with Crippen LogP contribution in [0.25, 0.3) is 0 Å². The summed E-state index contributed by atoms with van der Waals surface area (Å²) >= 11 is 0. The fraction of sp³-hybridized carbons (Fsp3) is 0.727. The van der Waals surface area contributed by atoms with Gasteiger partial charge >= 0.3 is 0 Å². The first-order valence-corrected chi connectivity index (χ1v) is 4.75. The van der Waals surface area contributed by atoms with Gasteiger partial charge in [-0.3, -0.25) is 0 Å². The molecule has 0 aromatic rings. The fourth-order valence-electron chi connectivity index (χ4n) is 1.00. The van der Waals surface area contributed by atoms with Gasteiger partial charge in [0.25, 0.3) is 0 Å². The highest BCUT2D eigenvalue weighted by atomic mass is 14.9. The van der Waals surface area contributed by atoms with E-state index in [4.69, 9.17) is 5.26 Å². The zero-order valence-electron chi connectivity index (χ0n) is 8.93. The van der Waals surface area contributed by atoms with E-state index in [0.29, 0.717) is 12.5 Å². The Labute approximate surface area is 81.6 Å². The van der Waals surface area contributed by atoms with E-state index in [1.807, 2.05) is 6.08 Å². The fourth-order valence-corrected chi connectivity index (χ4v) is 1.00. The van der Waals surface area contributed by atoms with E-state index >= 15 is 0 Å². The number of nitriles is 1. The van der Waals surface area contributed by atoms with Crippen molar-refractivity contribution in [1.82, 2.24) is 5.32 Å². The lowest BCUT2D eigenvalue weighted by Gasteiger charge is -2.25. The van der Waals surface area contributed by atoms with Crippen molar-refractivity contribution in [2.75, 3.05) is 6.54 Å². The smallest absolute Gasteiger partial charge is 0.0621 e. The minimum Gasteiger partial charge on any atom is -0.310 e. The lowest BCUT2D eigenvalue weighted by Crippen LogP contribution is -2.34. The van der Waals surface area contributed by atoms with E-state index in [2.05, 4.69) is 38.7 Å². The van der Waals surface area contributed by atoms with Crippen LogP contribution < -0.4 is 5.32 Å². The maximum atomic E-state index is 8.47. The van der Waals surface area contributed by atoms with Gasteiger partial charge in [-0.1, -0.05) is 19.9 Å². The molecule has 13 heavy (non-hydrogen) atoms. The zero-order chi connectivity index (χ0) is 10.3. The van der Waals surface area contributed by atoms with Gasteiger partial charge in [0, 0.05) is 19.0 Å². The molecule has 0 aliphatic carbocycles. The second kappa shape index (κ2) is 5.77. The molecule has 0 saturated carbocycles. The molecule has 0 aliphatic heterocycles. The van der Waals surface area contributed by atoms with Gasteiger partial charge in [0.05, 0.1) is 6.07 Å². The van der Waals surface area contributed by atoms with E-state index in [1.165, 1.54) is 0 Å². The van der Waals surface area contributed by atoms with Gasteiger partial charge in [0.1, 0.15) is 0 Å². The Bertz CT molecular complexity index is 189. The quantitative estimate of drug-likeness (QED) is 0.637. The molecule has 74 valence electrons. The number of rotatable bonds is 6. The van der Waals surface area contributed by atoms with E-state index < -0.39 is 0 Å². The molecule has 1 N–H and O–H groups in total. The third kappa shape index (κ3) is 6.36. The van der Waals surface area contributed by atoms with Gasteiger partial charge in [-0.2, -0.15) is 5.26 Å². The van der Waals surface area contributed by atoms with Crippen molar-refractivity contribution >= 4 is 0 Å². The molecule has 2 heteroatoms. The number of nitrogens with zero attached hydrogens (tertiary/aromatic N) is 1. The number of hydrogen-bond acceptors (Lipinski definition) is 2. The standard InChI is InChI=1S/C11H20N2/c1-5-10(2)13-9-11(3,4)7-6-8-12/h5,10,13H,1,6-7,9H2,2-4H3. The Kier molecular flexibility index (Phi) is 5.41. The lowest BCUT2D eigenvalue weighted by molar-refractivity contribution is 0.312. The molecule has 1 unspecified atom stereocenters. The second-order valence-electron chi connectivity index (χ2n) is 4.23. The summed E-state index contributed by atoms with van der Waals surface area (Å²) in [5.74, 6) is 0. The molecule has 0 heterocycles. The Morgan fingerprint density at radius 2 is 2.23 bits per heavy atom. The summed E-state index contributed by atoms with van der Waals surface area (Å²) in [6.45, 7) is 11.1. The van der Waals surface area contributed by atoms with Crippen LogP contribution in [0.1, 0.15) is 33.6 Å². The Hall–Kier alpha value is -0.810. The summed E-state index contributed by atoms with van der Waals surface area (Å²) in [7, 11) is 0. The molecule has 0 aromatic heterocycles. The van der Waals surface area contributed by atoms with E-state index in [1.54, 1.807) is 0 Å². The van der Waals surface area contributed by atoms with Gasteiger partial charge in [0.15, 0.2) is 0 Å². The summed E-state index contributed by atoms with van der Waals surface area (Å²) in [6, 6.07) is 2.53. The minimum absolute atomic E-state index is 0.201. The Morgan fingerprint density at radius 1 is 1.62 bits per heavy atom. The predicted octanol–water partition coefficient (Wildman–Crippen LogP) is 2.48. The van der Waals surface area contributed by atoms with E-state index in [0.717, 1.165) is 13.0 Å². The van der Waals surface area contributed by atoms with Crippen molar-refractivity contribution in [1.29, 1.82) is 5.26 Å². The number of hydrogen-bond donors (Lipinski definition) is 1. The van der Waals surface area contributed by atoms with Crippen molar-refractivity contribution in [2.24, 2.45) is 5.41 Å². The second-order valence-corrected chi connectivity index (χ2v) is 4.23. The SMILES string of the molecule is C=CC(C)NCC(C)(C)CCC#N. The predicted molar refractivity (Wildman–Crippen MR) is 56.3 cm³/mol. The molecule has 1 atom stereocenters. The van der Waals surface area contributed by atoms with Crippen LogP contribution in [0, 0.1) is 16.7 Å². The first kappa shape index (κ1) is 12.2. The first-order chi connectivity index (χ1) is 6.02. The van der Waals surface area contributed by atoms with Gasteiger partial charge in [-0.25, -0.2) is 0 Å². The normalized spacial score (nSPS) is 13.4. The molecular formula is C11H20N2. The molecule has 0 rings (SSSR count). The van der Waals surface area contributed by atoms with Gasteiger partial charge < -0.3 is 5.32 Å². The summed E-state index contributed by atoms with van der Waals surface area (Å²) in [5.41, 5.74) is 0.201. The third-order valence-corrected chi connectivity index (χ3v) is 2.17. The van der Waals surface area contributed by atoms with Crippen molar-refractivity contribution in [2.45, 2.75) is 39.7 Å². The van der Waals surface area contributed by atoms with Crippen molar-refractivity contribution < 1.29 is 0 Å². The van der Waals surface area contributed by atoms with Crippen LogP contribution in [-0.4, -0.2) is 12.6 Å². The van der Waals surface area contributed by atoms with Gasteiger partial charge in [0.2, 0.25) is 0 Å². The van der Waals surface area contributed by atoms with Crippen LogP contribution >= 0.6 is 0 Å². The van der Waals surface area contributed by atoms with Gasteiger partial charge in [-0.15, -0.1) is 6.58 Å². The van der Waals surface area contributed by atoms with Crippen LogP contribution in [0.2, 0.25) is 0 Å². The summed E-state index contributed by atoms with van der Waals surface area (Å²) in [4.78, 5) is 0. The summed E-state index contributed by atoms with van der Waals surface area (Å²) in [6.07, 6.45) is 3.47. The van der Waals surface area contributed by atoms with Crippen LogP contribution in [0.15, 0.2) is 12.7 Å². The monoisotopic (exact) mass is 180 g/mol. The number of nitrogens with one attached hydrogen (secondary N) is 1. The molecule has 0 aromatic carbocycles. The molecule has 0 radical (unpaired) electrons. The van der Waals surface area contributed by atoms with Crippen molar-refractivity contribution in [3.63, 3.8) is 0 Å². The summed E-state index contributed by atoms with van der Waals surface area (Å²) < 4.78 is 0. The van der Waals surface area contributed by atoms with Crippen molar-refractivity contribution in [3.8, 4) is 6.07 Å². The highest BCUT2D eigenvalue weighted by molar-refractivity contribution is 4.85. The average Bonchev–Trinajstić information content (AvgIpc) is 2.11. The molecule has 0 amide bonds. The average molecular weight is 180 g/mol. The molecule has 0 bridgehead atoms. The molecule has 0 fully saturated rings. The third-order valence-electron chi connectivity index (χ3n) is 2.17. The highest BCUT2D eigenvalue weighted by Gasteiger charge is 2.17. The van der Waals surface area contributed by atoms with Crippen LogP contribution in [-0.2, 0) is 0 Å². The zero-order valence-corrected chi connectivity index (χ0v) is 8.93. The first-order valence-electron chi connectivity index (χ1n) is 4.75. The van der Waals surface area contributed by atoms with Crippen molar-refractivity contribution in [3.05, 3.63) is 12.7 Å². The van der Waals surface area contributed by atoms with Crippen LogP contribution in [0.3, 0.4) is 0 Å². The van der Waals surface area contributed by atoms with Gasteiger partial charge in [-0.05, 0) is 18.8 Å². The van der Waals surface area contributed by atoms with Crippen LogP contribution in [0.4, 0.5) is 0 Å². The topological polar surface area (TPSA) is 35.8 Å². The van der Waals surface area contributed by atoms with E-state index in [-0.39, 0.29) is 5.41 Å². The summed E-state index contributed by atoms with van der Waals surface area (Å²) in [5, 5.41) is 11.8. The lowest BCUT2D eigenvalue weighted by atomic mass is 9.88. The van der Waals surface area contributed by atoms with E-state index in [9.17, 15) is 0 Å². The molecule has 2 nitrogen and oxygen atoms in total. The minimum atomic E-state index is 0.201. The largest absolute Gasteiger partial charge is 0.310 e. The molecule has 0 saturated heterocycles. The maximum Gasteiger partial charge on any atom is 0.0621 e. The molecular weight excluding hydrogens is 160 g/mol. The highest BCUT2D eigenvalue weighted by Crippen LogP contribution is 2.20. The van der Waals surface area contributed by atoms with Crippen LogP contribution in [0.5, 0.6) is 0 Å². The Morgan fingerprint density at radius 3 is 2.69 bits per heavy atom.